The summed E-state index contributed by atoms with van der Waals surface area (Å²) in [5, 5.41) is 2.51. The van der Waals surface area contributed by atoms with E-state index in [4.69, 9.17) is 4.74 Å². The molecule has 0 aliphatic carbocycles. The van der Waals surface area contributed by atoms with E-state index in [1.165, 1.54) is 19.0 Å². The Morgan fingerprint density at radius 1 is 1.23 bits per heavy atom. The van der Waals surface area contributed by atoms with Crippen LogP contribution in [0.1, 0.15) is 61.3 Å². The van der Waals surface area contributed by atoms with Crippen molar-refractivity contribution in [3.05, 3.63) is 29.3 Å². The van der Waals surface area contributed by atoms with Gasteiger partial charge >= 0.3 is 6.09 Å². The number of hydrogen-bond acceptors (Lipinski definition) is 7. The SMILES string of the molecule is CNC(=O)C(CCC=O)N(C)C(=O)c1ccc(N2CCN(C(=O)OC(C)(C)C)C(C)C2)cc1C=O. The van der Waals surface area contributed by atoms with Crippen LogP contribution in [0.25, 0.3) is 0 Å². The van der Waals surface area contributed by atoms with Gasteiger partial charge in [0.1, 0.15) is 17.9 Å². The number of piperazine rings is 1. The minimum Gasteiger partial charge on any atom is -0.444 e. The molecule has 0 bridgehead atoms. The Labute approximate surface area is 206 Å². The number of carbonyl (C=O) groups is 5. The third kappa shape index (κ3) is 7.03. The minimum absolute atomic E-state index is 0.114. The molecule has 0 radical (unpaired) electrons. The molecule has 0 spiro atoms. The summed E-state index contributed by atoms with van der Waals surface area (Å²) >= 11 is 0. The van der Waals surface area contributed by atoms with Crippen molar-refractivity contribution in [2.24, 2.45) is 0 Å². The molecule has 2 rings (SSSR count). The molecule has 1 saturated heterocycles. The molecule has 1 fully saturated rings. The fraction of sp³-hybridized carbons (Fsp3) is 0.560. The first-order chi connectivity index (χ1) is 16.4. The molecule has 1 aromatic carbocycles. The summed E-state index contributed by atoms with van der Waals surface area (Å²) in [5.41, 5.74) is 0.553. The van der Waals surface area contributed by atoms with Crippen LogP contribution in [0.5, 0.6) is 0 Å². The van der Waals surface area contributed by atoms with Crippen molar-refractivity contribution in [2.75, 3.05) is 38.6 Å². The number of hydrogen-bond donors (Lipinski definition) is 1. The Kier molecular flexibility index (Phi) is 9.39. The summed E-state index contributed by atoms with van der Waals surface area (Å²) in [6, 6.07) is 4.02. The third-order valence-corrected chi connectivity index (χ3v) is 5.91. The molecule has 2 unspecified atom stereocenters. The predicted molar refractivity (Wildman–Crippen MR) is 132 cm³/mol. The van der Waals surface area contributed by atoms with Gasteiger partial charge in [0.15, 0.2) is 6.29 Å². The molecule has 1 aliphatic heterocycles. The zero-order valence-corrected chi connectivity index (χ0v) is 21.4. The van der Waals surface area contributed by atoms with Gasteiger partial charge in [-0.15, -0.1) is 0 Å². The number of likely N-dealkylation sites (N-methyl/N-ethyl adjacent to an activating group) is 2. The van der Waals surface area contributed by atoms with Gasteiger partial charge < -0.3 is 29.5 Å². The topological polar surface area (TPSA) is 116 Å². The van der Waals surface area contributed by atoms with Crippen LogP contribution in [-0.4, -0.2) is 91.7 Å². The number of nitrogens with one attached hydrogen (secondary N) is 1. The Bertz CT molecular complexity index is 958. The molecule has 0 saturated carbocycles. The molecular weight excluding hydrogens is 452 g/mol. The Morgan fingerprint density at radius 3 is 2.46 bits per heavy atom. The second kappa shape index (κ2) is 11.8. The van der Waals surface area contributed by atoms with E-state index in [2.05, 4.69) is 5.32 Å². The number of benzene rings is 1. The maximum absolute atomic E-state index is 13.1. The maximum Gasteiger partial charge on any atom is 0.410 e. The van der Waals surface area contributed by atoms with Gasteiger partial charge in [-0.2, -0.15) is 0 Å². The Hall–Kier alpha value is -3.43. The highest BCUT2D eigenvalue weighted by atomic mass is 16.6. The fourth-order valence-corrected chi connectivity index (χ4v) is 4.05. The number of carbonyl (C=O) groups excluding carboxylic acids is 5. The van der Waals surface area contributed by atoms with E-state index in [0.717, 1.165) is 5.69 Å². The molecule has 3 amide bonds. The van der Waals surface area contributed by atoms with Crippen molar-refractivity contribution < 1.29 is 28.7 Å². The van der Waals surface area contributed by atoms with Gasteiger partial charge in [-0.3, -0.25) is 14.4 Å². The van der Waals surface area contributed by atoms with Crippen LogP contribution in [0.15, 0.2) is 18.2 Å². The molecule has 0 aromatic heterocycles. The van der Waals surface area contributed by atoms with Gasteiger partial charge in [0.25, 0.3) is 5.91 Å². The van der Waals surface area contributed by atoms with Crippen LogP contribution in [0.2, 0.25) is 0 Å². The summed E-state index contributed by atoms with van der Waals surface area (Å²) in [4.78, 5) is 65.6. The lowest BCUT2D eigenvalue weighted by Crippen LogP contribution is -2.55. The molecule has 1 heterocycles. The number of amides is 3. The quantitative estimate of drug-likeness (QED) is 0.557. The number of aldehydes is 2. The van der Waals surface area contributed by atoms with E-state index in [-0.39, 0.29) is 42.0 Å². The number of rotatable bonds is 8. The first-order valence-corrected chi connectivity index (χ1v) is 11.7. The second-order valence-electron chi connectivity index (χ2n) is 9.65. The highest BCUT2D eigenvalue weighted by molar-refractivity contribution is 6.03. The van der Waals surface area contributed by atoms with Crippen LogP contribution < -0.4 is 10.2 Å². The van der Waals surface area contributed by atoms with Crippen molar-refractivity contribution >= 4 is 36.2 Å². The average molecular weight is 489 g/mol. The van der Waals surface area contributed by atoms with Crippen LogP contribution in [0.3, 0.4) is 0 Å². The lowest BCUT2D eigenvalue weighted by molar-refractivity contribution is -0.125. The summed E-state index contributed by atoms with van der Waals surface area (Å²) in [7, 11) is 2.94. The van der Waals surface area contributed by atoms with Crippen LogP contribution in [0.4, 0.5) is 10.5 Å². The van der Waals surface area contributed by atoms with Crippen molar-refractivity contribution in [3.63, 3.8) is 0 Å². The van der Waals surface area contributed by atoms with Crippen LogP contribution in [0, 0.1) is 0 Å². The molecule has 1 N–H and O–H groups in total. The van der Waals surface area contributed by atoms with Crippen molar-refractivity contribution in [1.29, 1.82) is 0 Å². The molecule has 1 aliphatic rings. The van der Waals surface area contributed by atoms with E-state index in [9.17, 15) is 24.0 Å². The molecule has 35 heavy (non-hydrogen) atoms. The molecule has 10 heteroatoms. The summed E-state index contributed by atoms with van der Waals surface area (Å²) in [6.45, 7) is 8.95. The largest absolute Gasteiger partial charge is 0.444 e. The lowest BCUT2D eigenvalue weighted by atomic mass is 10.0. The van der Waals surface area contributed by atoms with E-state index in [1.54, 1.807) is 23.1 Å². The summed E-state index contributed by atoms with van der Waals surface area (Å²) in [5.74, 6) is -0.870. The standard InChI is InChI=1S/C25H36N4O6/c1-17-15-28(11-12-29(17)24(34)35-25(2,3)4)19-9-10-20(18(14-19)16-31)23(33)27(6)21(8-7-13-30)22(32)26-5/h9-10,13-14,16-17,21H,7-8,11-12,15H2,1-6H3,(H,26,32). The monoisotopic (exact) mass is 488 g/mol. The zero-order valence-electron chi connectivity index (χ0n) is 21.4. The van der Waals surface area contributed by atoms with Gasteiger partial charge in [-0.25, -0.2) is 4.79 Å². The molecule has 10 nitrogen and oxygen atoms in total. The van der Waals surface area contributed by atoms with Crippen molar-refractivity contribution in [2.45, 2.75) is 58.2 Å². The highest BCUT2D eigenvalue weighted by Gasteiger charge is 2.32. The fourth-order valence-electron chi connectivity index (χ4n) is 4.05. The van der Waals surface area contributed by atoms with E-state index < -0.39 is 17.6 Å². The molecule has 192 valence electrons. The summed E-state index contributed by atoms with van der Waals surface area (Å²) < 4.78 is 5.49. The van der Waals surface area contributed by atoms with Gasteiger partial charge in [0.2, 0.25) is 5.91 Å². The first kappa shape index (κ1) is 27.8. The van der Waals surface area contributed by atoms with E-state index >= 15 is 0 Å². The van der Waals surface area contributed by atoms with Crippen molar-refractivity contribution in [1.82, 2.24) is 15.1 Å². The van der Waals surface area contributed by atoms with Gasteiger partial charge in [0.05, 0.1) is 5.56 Å². The smallest absolute Gasteiger partial charge is 0.410 e. The minimum atomic E-state index is -0.835. The first-order valence-electron chi connectivity index (χ1n) is 11.7. The molecular formula is C25H36N4O6. The van der Waals surface area contributed by atoms with Crippen molar-refractivity contribution in [3.8, 4) is 0 Å². The molecule has 1 aromatic rings. The van der Waals surface area contributed by atoms with Gasteiger partial charge in [0, 0.05) is 57.4 Å². The predicted octanol–water partition coefficient (Wildman–Crippen LogP) is 2.11. The summed E-state index contributed by atoms with van der Waals surface area (Å²) in [6.07, 6.45) is 1.26. The number of anilines is 1. The second-order valence-corrected chi connectivity index (χ2v) is 9.65. The Balaban J connectivity index is 2.20. The lowest BCUT2D eigenvalue weighted by Gasteiger charge is -2.41. The van der Waals surface area contributed by atoms with Gasteiger partial charge in [-0.1, -0.05) is 0 Å². The zero-order chi connectivity index (χ0) is 26.3. The third-order valence-electron chi connectivity index (χ3n) is 5.91. The molecule has 2 atom stereocenters. The number of nitrogens with zero attached hydrogens (tertiary/aromatic N) is 3. The maximum atomic E-state index is 13.1. The average Bonchev–Trinajstić information content (AvgIpc) is 2.81. The van der Waals surface area contributed by atoms with E-state index in [0.29, 0.717) is 32.2 Å². The van der Waals surface area contributed by atoms with E-state index in [1.807, 2.05) is 32.6 Å². The Morgan fingerprint density at radius 2 is 1.91 bits per heavy atom. The van der Waals surface area contributed by atoms with Crippen LogP contribution in [-0.2, 0) is 14.3 Å². The van der Waals surface area contributed by atoms with Gasteiger partial charge in [-0.05, 0) is 52.3 Å². The number of ether oxygens (including phenoxy) is 1. The van der Waals surface area contributed by atoms with Crippen LogP contribution >= 0.6 is 0 Å². The normalized spacial score (nSPS) is 16.8. The highest BCUT2D eigenvalue weighted by Crippen LogP contribution is 2.24.